The first kappa shape index (κ1) is 14.8. The maximum Gasteiger partial charge on any atom is 0.244 e. The highest BCUT2D eigenvalue weighted by Gasteiger charge is 2.29. The minimum atomic E-state index is -0.0618. The number of carbonyl (C=O) groups is 1. The Bertz CT molecular complexity index is 638. The molecule has 1 aliphatic rings. The van der Waals surface area contributed by atoms with Gasteiger partial charge >= 0.3 is 0 Å². The number of carbonyl (C=O) groups excluding carboxylic acids is 1. The van der Waals surface area contributed by atoms with Crippen molar-refractivity contribution in [1.29, 1.82) is 0 Å². The van der Waals surface area contributed by atoms with Gasteiger partial charge in [-0.1, -0.05) is 30.3 Å². The molecule has 116 valence electrons. The zero-order valence-corrected chi connectivity index (χ0v) is 13.0. The lowest BCUT2D eigenvalue weighted by Crippen LogP contribution is -2.47. The highest BCUT2D eigenvalue weighted by Crippen LogP contribution is 2.25. The molecule has 2 unspecified atom stereocenters. The summed E-state index contributed by atoms with van der Waals surface area (Å²) >= 11 is 0. The van der Waals surface area contributed by atoms with E-state index in [2.05, 4.69) is 5.10 Å². The fourth-order valence-electron chi connectivity index (χ4n) is 2.80. The second-order valence-corrected chi connectivity index (χ2v) is 5.86. The summed E-state index contributed by atoms with van der Waals surface area (Å²) in [7, 11) is 0. The predicted molar refractivity (Wildman–Crippen MR) is 83.3 cm³/mol. The van der Waals surface area contributed by atoms with Crippen molar-refractivity contribution in [3.63, 3.8) is 0 Å². The van der Waals surface area contributed by atoms with Crippen molar-refractivity contribution < 1.29 is 9.53 Å². The lowest BCUT2D eigenvalue weighted by Gasteiger charge is -2.37. The van der Waals surface area contributed by atoms with Crippen LogP contribution in [0, 0.1) is 6.92 Å². The monoisotopic (exact) mass is 299 g/mol. The number of nitrogens with zero attached hydrogens (tertiary/aromatic N) is 3. The Kier molecular flexibility index (Phi) is 4.24. The number of morpholine rings is 1. The number of benzene rings is 1. The quantitative estimate of drug-likeness (QED) is 0.873. The Labute approximate surface area is 130 Å². The van der Waals surface area contributed by atoms with E-state index in [0.717, 1.165) is 11.1 Å². The molecule has 0 bridgehead atoms. The molecule has 1 amide bonds. The topological polar surface area (TPSA) is 47.4 Å². The molecule has 1 aromatic heterocycles. The average molecular weight is 299 g/mol. The van der Waals surface area contributed by atoms with Gasteiger partial charge in [-0.15, -0.1) is 0 Å². The Hall–Kier alpha value is -2.14. The Morgan fingerprint density at radius 3 is 2.77 bits per heavy atom. The smallest absolute Gasteiger partial charge is 0.244 e. The molecule has 2 aromatic rings. The van der Waals surface area contributed by atoms with Crippen molar-refractivity contribution >= 4 is 5.91 Å². The van der Waals surface area contributed by atoms with Crippen LogP contribution in [0.1, 0.15) is 24.2 Å². The van der Waals surface area contributed by atoms with Gasteiger partial charge in [0.25, 0.3) is 0 Å². The second kappa shape index (κ2) is 6.32. The average Bonchev–Trinajstić information content (AvgIpc) is 2.92. The number of hydrogen-bond acceptors (Lipinski definition) is 3. The van der Waals surface area contributed by atoms with Gasteiger partial charge in [0.1, 0.15) is 12.6 Å². The minimum Gasteiger partial charge on any atom is -0.367 e. The zero-order chi connectivity index (χ0) is 15.5. The molecule has 1 saturated heterocycles. The molecular weight excluding hydrogens is 278 g/mol. The zero-order valence-electron chi connectivity index (χ0n) is 13.0. The summed E-state index contributed by atoms with van der Waals surface area (Å²) in [6.07, 6.45) is 3.62. The van der Waals surface area contributed by atoms with E-state index in [0.29, 0.717) is 13.1 Å². The van der Waals surface area contributed by atoms with Crippen molar-refractivity contribution in [3.05, 3.63) is 53.9 Å². The molecule has 22 heavy (non-hydrogen) atoms. The first-order valence-corrected chi connectivity index (χ1v) is 7.59. The highest BCUT2D eigenvalue weighted by atomic mass is 16.5. The number of hydrogen-bond donors (Lipinski definition) is 0. The van der Waals surface area contributed by atoms with E-state index in [1.807, 2.05) is 55.3 Å². The van der Waals surface area contributed by atoms with Crippen molar-refractivity contribution in [2.24, 2.45) is 0 Å². The molecule has 2 heterocycles. The van der Waals surface area contributed by atoms with Gasteiger partial charge < -0.3 is 9.64 Å². The molecule has 0 saturated carbocycles. The summed E-state index contributed by atoms with van der Waals surface area (Å²) in [6, 6.07) is 10.1. The normalized spacial score (nSPS) is 21.8. The van der Waals surface area contributed by atoms with Gasteiger partial charge in [0.2, 0.25) is 5.91 Å². The van der Waals surface area contributed by atoms with Crippen LogP contribution in [0.5, 0.6) is 0 Å². The Morgan fingerprint density at radius 2 is 2.09 bits per heavy atom. The van der Waals surface area contributed by atoms with Gasteiger partial charge in [-0.05, 0) is 25.0 Å². The van der Waals surface area contributed by atoms with E-state index >= 15 is 0 Å². The molecule has 1 fully saturated rings. The van der Waals surface area contributed by atoms with Gasteiger partial charge in [-0.2, -0.15) is 5.10 Å². The van der Waals surface area contributed by atoms with E-state index < -0.39 is 0 Å². The molecule has 5 nitrogen and oxygen atoms in total. The summed E-state index contributed by atoms with van der Waals surface area (Å²) in [5.41, 5.74) is 2.17. The fourth-order valence-corrected chi connectivity index (χ4v) is 2.80. The van der Waals surface area contributed by atoms with Crippen LogP contribution in [0.2, 0.25) is 0 Å². The maximum atomic E-state index is 12.5. The fraction of sp³-hybridized carbons (Fsp3) is 0.412. The highest BCUT2D eigenvalue weighted by molar-refractivity contribution is 5.76. The van der Waals surface area contributed by atoms with Crippen molar-refractivity contribution in [2.75, 3.05) is 13.1 Å². The van der Waals surface area contributed by atoms with Crippen LogP contribution in [-0.2, 0) is 16.1 Å². The molecule has 5 heteroatoms. The number of aryl methyl sites for hydroxylation is 1. The largest absolute Gasteiger partial charge is 0.367 e. The van der Waals surface area contributed by atoms with Crippen LogP contribution in [0.4, 0.5) is 0 Å². The number of amides is 1. The van der Waals surface area contributed by atoms with Gasteiger partial charge in [0.05, 0.1) is 18.8 Å². The molecule has 0 aliphatic carbocycles. The van der Waals surface area contributed by atoms with Crippen LogP contribution in [-0.4, -0.2) is 39.8 Å². The van der Waals surface area contributed by atoms with E-state index in [-0.39, 0.29) is 24.7 Å². The first-order valence-electron chi connectivity index (χ1n) is 7.59. The van der Waals surface area contributed by atoms with Crippen LogP contribution in [0.15, 0.2) is 42.7 Å². The second-order valence-electron chi connectivity index (χ2n) is 5.86. The molecule has 0 N–H and O–H groups in total. The number of aromatic nitrogens is 2. The molecule has 3 rings (SSSR count). The molecule has 1 aromatic carbocycles. The summed E-state index contributed by atoms with van der Waals surface area (Å²) in [6.45, 7) is 5.47. The third-order valence-corrected chi connectivity index (χ3v) is 3.84. The van der Waals surface area contributed by atoms with Crippen molar-refractivity contribution in [1.82, 2.24) is 14.7 Å². The van der Waals surface area contributed by atoms with Crippen LogP contribution < -0.4 is 0 Å². The number of ether oxygens (including phenoxy) is 1. The van der Waals surface area contributed by atoms with Crippen molar-refractivity contribution in [2.45, 2.75) is 32.6 Å². The third-order valence-electron chi connectivity index (χ3n) is 3.84. The van der Waals surface area contributed by atoms with Gasteiger partial charge in [-0.25, -0.2) is 0 Å². The lowest BCUT2D eigenvalue weighted by molar-refractivity contribution is -0.145. The van der Waals surface area contributed by atoms with Gasteiger partial charge in [-0.3, -0.25) is 9.48 Å². The summed E-state index contributed by atoms with van der Waals surface area (Å²) < 4.78 is 7.68. The third kappa shape index (κ3) is 3.36. The summed E-state index contributed by atoms with van der Waals surface area (Å²) in [5, 5.41) is 4.18. The van der Waals surface area contributed by atoms with Gasteiger partial charge in [0, 0.05) is 12.7 Å². The standard InChI is InChI=1S/C17H21N3O2/c1-13-8-18-20(9-13)12-17(21)19-10-14(2)22-16(11-19)15-6-4-3-5-7-15/h3-9,14,16H,10-12H2,1-2H3. The molecular formula is C17H21N3O2. The van der Waals surface area contributed by atoms with Crippen LogP contribution in [0.3, 0.4) is 0 Å². The van der Waals surface area contributed by atoms with E-state index in [4.69, 9.17) is 4.74 Å². The minimum absolute atomic E-state index is 0.0299. The lowest BCUT2D eigenvalue weighted by atomic mass is 10.1. The SMILES string of the molecule is Cc1cnn(CC(=O)N2CC(C)OC(c3ccccc3)C2)c1. The first-order chi connectivity index (χ1) is 10.6. The van der Waals surface area contributed by atoms with Crippen LogP contribution >= 0.6 is 0 Å². The number of rotatable bonds is 3. The Morgan fingerprint density at radius 1 is 1.32 bits per heavy atom. The van der Waals surface area contributed by atoms with Gasteiger partial charge in [0.15, 0.2) is 0 Å². The predicted octanol–water partition coefficient (Wildman–Crippen LogP) is 2.18. The van der Waals surface area contributed by atoms with E-state index in [1.54, 1.807) is 10.9 Å². The van der Waals surface area contributed by atoms with E-state index in [9.17, 15) is 4.79 Å². The molecule has 1 aliphatic heterocycles. The molecule has 0 radical (unpaired) electrons. The van der Waals surface area contributed by atoms with Crippen LogP contribution in [0.25, 0.3) is 0 Å². The summed E-state index contributed by atoms with van der Waals surface area (Å²) in [4.78, 5) is 14.4. The molecule has 0 spiro atoms. The molecule has 2 atom stereocenters. The van der Waals surface area contributed by atoms with Crippen molar-refractivity contribution in [3.8, 4) is 0 Å². The Balaban J connectivity index is 1.69. The summed E-state index contributed by atoms with van der Waals surface area (Å²) in [5.74, 6) is 0.0826. The maximum absolute atomic E-state index is 12.5. The van der Waals surface area contributed by atoms with E-state index in [1.165, 1.54) is 0 Å².